The topological polar surface area (TPSA) is 90.8 Å². The molecule has 3 heterocycles. The van der Waals surface area contributed by atoms with Gasteiger partial charge in [0.15, 0.2) is 11.6 Å². The van der Waals surface area contributed by atoms with Crippen LogP contribution in [0.5, 0.6) is 0 Å². The van der Waals surface area contributed by atoms with Crippen LogP contribution >= 0.6 is 35.3 Å². The van der Waals surface area contributed by atoms with Crippen molar-refractivity contribution >= 4 is 59.8 Å². The summed E-state index contributed by atoms with van der Waals surface area (Å²) in [5, 5.41) is 2.19. The summed E-state index contributed by atoms with van der Waals surface area (Å²) in [6, 6.07) is 49.2. The third-order valence-corrected chi connectivity index (χ3v) is 19.5. The van der Waals surface area contributed by atoms with E-state index >= 15 is 0 Å². The van der Waals surface area contributed by atoms with Gasteiger partial charge in [-0.2, -0.15) is 0 Å². The maximum Gasteiger partial charge on any atom is 0.261 e. The summed E-state index contributed by atoms with van der Waals surface area (Å²) < 4.78 is 8.44. The fourth-order valence-corrected chi connectivity index (χ4v) is 14.9. The zero-order valence-corrected chi connectivity index (χ0v) is 41.6. The van der Waals surface area contributed by atoms with E-state index in [1.807, 2.05) is 66.7 Å². The summed E-state index contributed by atoms with van der Waals surface area (Å²) in [6.07, 6.45) is 4.79. The third kappa shape index (κ3) is 12.0. The number of hydrogen-bond acceptors (Lipinski definition) is 10. The third-order valence-electron chi connectivity index (χ3n) is 10.6. The lowest BCUT2D eigenvalue weighted by atomic mass is 10.1. The second-order valence-corrected chi connectivity index (χ2v) is 24.7. The van der Waals surface area contributed by atoms with Gasteiger partial charge < -0.3 is 4.43 Å². The second kappa shape index (κ2) is 22.8. The Kier molecular flexibility index (Phi) is 16.8. The molecule has 332 valence electrons. The molecule has 0 saturated carbocycles. The van der Waals surface area contributed by atoms with Crippen LogP contribution in [-0.4, -0.2) is 56.3 Å². The van der Waals surface area contributed by atoms with Crippen molar-refractivity contribution in [3.63, 3.8) is 0 Å². The molecule has 4 aromatic carbocycles. The van der Waals surface area contributed by atoms with Crippen LogP contribution in [-0.2, 0) is 11.0 Å². The van der Waals surface area contributed by atoms with Crippen molar-refractivity contribution < 1.29 is 9.22 Å². The van der Waals surface area contributed by atoms with Crippen LogP contribution in [0.3, 0.4) is 0 Å². The first-order chi connectivity index (χ1) is 31.6. The SMILES string of the molecule is CCCSC(=CC(=O)c1cc(-c2cc(SCCC)cc(-c3cc(CO[Si](c4ccccc4)(c4ccccc4)C(C)(C)C)nc(-c4ccccc4)n3)n2)nc(-c2ccccc2)n1)SCCC. The number of hydrogen-bond donors (Lipinski definition) is 0. The minimum Gasteiger partial charge on any atom is -0.401 e. The highest BCUT2D eigenvalue weighted by Gasteiger charge is 2.50. The van der Waals surface area contributed by atoms with E-state index in [1.54, 1.807) is 47.4 Å². The van der Waals surface area contributed by atoms with E-state index in [4.69, 9.17) is 29.3 Å². The second-order valence-electron chi connectivity index (χ2n) is 16.7. The van der Waals surface area contributed by atoms with E-state index in [2.05, 4.69) is 114 Å². The fraction of sp³-hybridized carbons (Fsp3) is 0.259. The summed E-state index contributed by atoms with van der Waals surface area (Å²) in [6.45, 7) is 13.6. The molecule has 7 nitrogen and oxygen atoms in total. The lowest BCUT2D eigenvalue weighted by Gasteiger charge is -2.43. The Hall–Kier alpha value is -5.17. The van der Waals surface area contributed by atoms with E-state index in [9.17, 15) is 4.79 Å². The molecule has 0 aliphatic carbocycles. The number of thioether (sulfide) groups is 3. The number of aromatic nitrogens is 5. The summed E-state index contributed by atoms with van der Waals surface area (Å²) >= 11 is 5.21. The maximum atomic E-state index is 14.2. The quantitative estimate of drug-likeness (QED) is 0.0318. The van der Waals surface area contributed by atoms with Crippen LogP contribution in [0.4, 0.5) is 0 Å². The average Bonchev–Trinajstić information content (AvgIpc) is 3.34. The monoisotopic (exact) mass is 931 g/mol. The van der Waals surface area contributed by atoms with E-state index in [1.165, 1.54) is 10.4 Å². The van der Waals surface area contributed by atoms with Crippen LogP contribution < -0.4 is 10.4 Å². The van der Waals surface area contributed by atoms with Gasteiger partial charge in [-0.05, 0) is 76.2 Å². The average molecular weight is 932 g/mol. The van der Waals surface area contributed by atoms with Crippen molar-refractivity contribution in [1.82, 2.24) is 24.9 Å². The zero-order valence-electron chi connectivity index (χ0n) is 38.2. The molecule has 11 heteroatoms. The smallest absolute Gasteiger partial charge is 0.261 e. The summed E-state index contributed by atoms with van der Waals surface area (Å²) in [7, 11) is -2.90. The lowest BCUT2D eigenvalue weighted by Crippen LogP contribution is -2.66. The van der Waals surface area contributed by atoms with Crippen molar-refractivity contribution in [2.45, 2.75) is 77.3 Å². The van der Waals surface area contributed by atoms with Gasteiger partial charge in [0.1, 0.15) is 5.69 Å². The molecule has 0 fully saturated rings. The van der Waals surface area contributed by atoms with E-state index in [-0.39, 0.29) is 17.4 Å². The van der Waals surface area contributed by atoms with Gasteiger partial charge in [-0.15, -0.1) is 35.3 Å². The van der Waals surface area contributed by atoms with E-state index < -0.39 is 8.32 Å². The summed E-state index contributed by atoms with van der Waals surface area (Å²) in [4.78, 5) is 40.9. The molecule has 0 unspecified atom stereocenters. The molecule has 0 atom stereocenters. The van der Waals surface area contributed by atoms with Crippen LogP contribution in [0, 0.1) is 0 Å². The predicted octanol–water partition coefficient (Wildman–Crippen LogP) is 13.2. The Balaban J connectivity index is 1.37. The van der Waals surface area contributed by atoms with Gasteiger partial charge in [-0.1, -0.05) is 163 Å². The molecule has 0 aliphatic rings. The van der Waals surface area contributed by atoms with Crippen LogP contribution in [0.2, 0.25) is 5.04 Å². The minimum absolute atomic E-state index is 0.154. The molecule has 3 aromatic heterocycles. The Morgan fingerprint density at radius 2 is 1.03 bits per heavy atom. The molecule has 0 amide bonds. The number of allylic oxidation sites excluding steroid dienone is 1. The molecule has 0 aliphatic heterocycles. The highest BCUT2D eigenvalue weighted by molar-refractivity contribution is 8.22. The molecule has 0 saturated heterocycles. The highest BCUT2D eigenvalue weighted by atomic mass is 32.2. The Morgan fingerprint density at radius 3 is 1.52 bits per heavy atom. The first kappa shape index (κ1) is 47.8. The minimum atomic E-state index is -2.90. The number of pyridine rings is 1. The van der Waals surface area contributed by atoms with Gasteiger partial charge in [0, 0.05) is 26.3 Å². The van der Waals surface area contributed by atoms with Gasteiger partial charge in [0.25, 0.3) is 8.32 Å². The zero-order chi connectivity index (χ0) is 45.7. The largest absolute Gasteiger partial charge is 0.401 e. The Morgan fingerprint density at radius 1 is 0.569 bits per heavy atom. The van der Waals surface area contributed by atoms with Crippen LogP contribution in [0.1, 0.15) is 77.0 Å². The molecule has 0 bridgehead atoms. The van der Waals surface area contributed by atoms with Crippen molar-refractivity contribution in [1.29, 1.82) is 0 Å². The summed E-state index contributed by atoms with van der Waals surface area (Å²) in [5.74, 6) is 3.70. The standard InChI is InChI=1S/C54H57N5O2S3Si/c1-7-30-62-42-34-46(56-47(35-42)48-36-49(59-53(58-48)40-24-16-11-17-25-40)50(60)37-51(63-31-8-2)64-32-9-3)45-33-41(55-52(57-45)39-22-14-10-15-23-39)38-61-65(54(4,5)6,43-26-18-12-19-27-43)44-28-20-13-21-29-44/h10-29,33-37H,7-9,30-32,38H2,1-6H3. The fourth-order valence-electron chi connectivity index (χ4n) is 7.57. The number of ketones is 1. The Labute approximate surface area is 399 Å². The molecule has 65 heavy (non-hydrogen) atoms. The van der Waals surface area contributed by atoms with Gasteiger partial charge in [-0.25, -0.2) is 24.9 Å². The van der Waals surface area contributed by atoms with Crippen molar-refractivity contribution in [3.05, 3.63) is 167 Å². The number of nitrogens with zero attached hydrogens (tertiary/aromatic N) is 5. The van der Waals surface area contributed by atoms with Crippen molar-refractivity contribution in [3.8, 4) is 45.6 Å². The molecule has 0 radical (unpaired) electrons. The van der Waals surface area contributed by atoms with Crippen LogP contribution in [0.25, 0.3) is 45.6 Å². The number of rotatable bonds is 20. The normalized spacial score (nSPS) is 11.7. The molecule has 7 aromatic rings. The van der Waals surface area contributed by atoms with Gasteiger partial charge in [0.2, 0.25) is 5.78 Å². The van der Waals surface area contributed by atoms with Gasteiger partial charge in [0.05, 0.1) is 35.1 Å². The van der Waals surface area contributed by atoms with Crippen molar-refractivity contribution in [2.75, 3.05) is 17.3 Å². The van der Waals surface area contributed by atoms with Crippen molar-refractivity contribution in [2.24, 2.45) is 0 Å². The van der Waals surface area contributed by atoms with E-state index in [0.29, 0.717) is 40.1 Å². The van der Waals surface area contributed by atoms with Crippen LogP contribution in [0.15, 0.2) is 161 Å². The number of benzene rings is 4. The molecule has 7 rings (SSSR count). The molecular formula is C54H57N5O2S3Si. The maximum absolute atomic E-state index is 14.2. The van der Waals surface area contributed by atoms with Gasteiger partial charge >= 0.3 is 0 Å². The molecule has 0 N–H and O–H groups in total. The summed E-state index contributed by atoms with van der Waals surface area (Å²) in [5.41, 5.74) is 5.33. The van der Waals surface area contributed by atoms with Gasteiger partial charge in [-0.3, -0.25) is 4.79 Å². The molecular weight excluding hydrogens is 875 g/mol. The Bertz CT molecular complexity index is 2630. The number of carbonyl (C=O) groups excluding carboxylic acids is 1. The highest BCUT2D eigenvalue weighted by Crippen LogP contribution is 2.38. The first-order valence-corrected chi connectivity index (χ1v) is 27.3. The van der Waals surface area contributed by atoms with E-state index in [0.717, 1.165) is 62.5 Å². The number of carbonyl (C=O) groups is 1. The predicted molar refractivity (Wildman–Crippen MR) is 278 cm³/mol. The lowest BCUT2D eigenvalue weighted by molar-refractivity contribution is 0.104. The first-order valence-electron chi connectivity index (χ1n) is 22.4. The molecule has 0 spiro atoms.